The third-order valence-corrected chi connectivity index (χ3v) is 4.85. The van der Waals surface area contributed by atoms with E-state index in [4.69, 9.17) is 0 Å². The lowest BCUT2D eigenvalue weighted by molar-refractivity contribution is -0.129. The molecule has 1 saturated heterocycles. The van der Waals surface area contributed by atoms with E-state index in [-0.39, 0.29) is 11.9 Å². The summed E-state index contributed by atoms with van der Waals surface area (Å²) < 4.78 is 26.5. The Bertz CT molecular complexity index is 526. The molecular formula is C15H20F2N2OS. The van der Waals surface area contributed by atoms with Crippen molar-refractivity contribution in [3.05, 3.63) is 35.4 Å². The summed E-state index contributed by atoms with van der Waals surface area (Å²) in [7, 11) is 0. The van der Waals surface area contributed by atoms with Crippen LogP contribution in [0.1, 0.15) is 32.0 Å². The Morgan fingerprint density at radius 2 is 2.10 bits per heavy atom. The highest BCUT2D eigenvalue weighted by Gasteiger charge is 2.37. The third-order valence-electron chi connectivity index (χ3n) is 3.81. The van der Waals surface area contributed by atoms with Crippen molar-refractivity contribution < 1.29 is 13.6 Å². The lowest BCUT2D eigenvalue weighted by Crippen LogP contribution is -2.32. The summed E-state index contributed by atoms with van der Waals surface area (Å²) in [5.41, 5.74) is 0.573. The molecule has 2 rings (SSSR count). The first-order valence-corrected chi connectivity index (χ1v) is 8.27. The lowest BCUT2D eigenvalue weighted by Gasteiger charge is -2.25. The largest absolute Gasteiger partial charge is 0.322 e. The van der Waals surface area contributed by atoms with E-state index in [0.717, 1.165) is 18.6 Å². The molecule has 0 aliphatic carbocycles. The molecule has 0 radical (unpaired) electrons. The van der Waals surface area contributed by atoms with Crippen LogP contribution >= 0.6 is 11.8 Å². The van der Waals surface area contributed by atoms with Gasteiger partial charge in [0.15, 0.2) is 11.6 Å². The van der Waals surface area contributed by atoms with Crippen LogP contribution in [0.4, 0.5) is 8.78 Å². The Morgan fingerprint density at radius 3 is 2.71 bits per heavy atom. The number of amides is 1. The van der Waals surface area contributed by atoms with Crippen LogP contribution in [0.15, 0.2) is 18.2 Å². The van der Waals surface area contributed by atoms with Gasteiger partial charge in [-0.15, -0.1) is 0 Å². The fraction of sp³-hybridized carbons (Fsp3) is 0.533. The van der Waals surface area contributed by atoms with Crippen molar-refractivity contribution in [1.82, 2.24) is 10.2 Å². The van der Waals surface area contributed by atoms with Crippen LogP contribution in [0.3, 0.4) is 0 Å². The summed E-state index contributed by atoms with van der Waals surface area (Å²) >= 11 is 1.74. The van der Waals surface area contributed by atoms with E-state index in [1.54, 1.807) is 23.6 Å². The third kappa shape index (κ3) is 3.55. The molecule has 21 heavy (non-hydrogen) atoms. The van der Waals surface area contributed by atoms with E-state index in [1.165, 1.54) is 6.07 Å². The molecule has 1 N–H and O–H groups in total. The minimum absolute atomic E-state index is 0.00182. The smallest absolute Gasteiger partial charge is 0.241 e. The predicted octanol–water partition coefficient (Wildman–Crippen LogP) is 2.93. The van der Waals surface area contributed by atoms with Gasteiger partial charge in [-0.25, -0.2) is 8.78 Å². The first-order chi connectivity index (χ1) is 9.93. The highest BCUT2D eigenvalue weighted by Crippen LogP contribution is 2.27. The molecule has 6 heteroatoms. The van der Waals surface area contributed by atoms with E-state index in [9.17, 15) is 13.6 Å². The monoisotopic (exact) mass is 314 g/mol. The zero-order valence-electron chi connectivity index (χ0n) is 12.4. The van der Waals surface area contributed by atoms with Crippen molar-refractivity contribution >= 4 is 17.7 Å². The van der Waals surface area contributed by atoms with Gasteiger partial charge < -0.3 is 4.90 Å². The number of hydrogen-bond acceptors (Lipinski definition) is 3. The van der Waals surface area contributed by atoms with Crippen LogP contribution < -0.4 is 5.32 Å². The number of thioether (sulfide) groups is 1. The maximum Gasteiger partial charge on any atom is 0.241 e. The van der Waals surface area contributed by atoms with Crippen LogP contribution in [0, 0.1) is 11.6 Å². The molecule has 0 spiro atoms. The first-order valence-electron chi connectivity index (χ1n) is 6.98. The molecule has 0 bridgehead atoms. The van der Waals surface area contributed by atoms with E-state index in [0.29, 0.717) is 17.4 Å². The number of carbonyl (C=O) groups excluding carboxylic acids is 1. The Kier molecular flexibility index (Phi) is 5.22. The second kappa shape index (κ2) is 6.75. The summed E-state index contributed by atoms with van der Waals surface area (Å²) in [6.07, 6.45) is 2.50. The highest BCUT2D eigenvalue weighted by molar-refractivity contribution is 7.99. The summed E-state index contributed by atoms with van der Waals surface area (Å²) in [4.78, 5) is 13.9. The lowest BCUT2D eigenvalue weighted by atomic mass is 10.1. The van der Waals surface area contributed by atoms with E-state index in [1.807, 2.05) is 6.26 Å². The van der Waals surface area contributed by atoms with Gasteiger partial charge in [-0.3, -0.25) is 10.1 Å². The number of nitrogens with one attached hydrogen (secondary N) is 1. The highest BCUT2D eigenvalue weighted by atomic mass is 32.2. The SMILES string of the molecule is CSC(C)CCN1C(=O)C(C)NC1c1ccc(F)c(F)c1. The number of benzene rings is 1. The van der Waals surface area contributed by atoms with Crippen molar-refractivity contribution in [1.29, 1.82) is 0 Å². The number of rotatable bonds is 5. The molecule has 1 amide bonds. The minimum Gasteiger partial charge on any atom is -0.322 e. The maximum absolute atomic E-state index is 13.4. The molecular weight excluding hydrogens is 294 g/mol. The molecule has 1 aromatic carbocycles. The first kappa shape index (κ1) is 16.2. The van der Waals surface area contributed by atoms with Gasteiger partial charge in [-0.1, -0.05) is 13.0 Å². The molecule has 3 unspecified atom stereocenters. The van der Waals surface area contributed by atoms with E-state index >= 15 is 0 Å². The van der Waals surface area contributed by atoms with Crippen molar-refractivity contribution in [2.75, 3.05) is 12.8 Å². The van der Waals surface area contributed by atoms with Crippen LogP contribution in [-0.2, 0) is 4.79 Å². The fourth-order valence-electron chi connectivity index (χ4n) is 2.41. The van der Waals surface area contributed by atoms with Gasteiger partial charge in [0.1, 0.15) is 6.17 Å². The van der Waals surface area contributed by atoms with Gasteiger partial charge in [0.05, 0.1) is 6.04 Å². The van der Waals surface area contributed by atoms with Crippen LogP contribution in [0.2, 0.25) is 0 Å². The molecule has 0 saturated carbocycles. The van der Waals surface area contributed by atoms with Crippen LogP contribution in [0.5, 0.6) is 0 Å². The molecule has 1 aliphatic rings. The van der Waals surface area contributed by atoms with E-state index < -0.39 is 17.8 Å². The zero-order valence-corrected chi connectivity index (χ0v) is 13.2. The minimum atomic E-state index is -0.890. The van der Waals surface area contributed by atoms with Gasteiger partial charge in [0.2, 0.25) is 5.91 Å². The molecule has 3 nitrogen and oxygen atoms in total. The number of nitrogens with zero attached hydrogens (tertiary/aromatic N) is 1. The van der Waals surface area contributed by atoms with E-state index in [2.05, 4.69) is 12.2 Å². The number of hydrogen-bond donors (Lipinski definition) is 1. The van der Waals surface area contributed by atoms with Gasteiger partial charge in [-0.2, -0.15) is 11.8 Å². The molecule has 0 aromatic heterocycles. The topological polar surface area (TPSA) is 32.3 Å². The Labute approximate surface area is 128 Å². The molecule has 3 atom stereocenters. The second-order valence-corrected chi connectivity index (χ2v) is 6.61. The van der Waals surface area contributed by atoms with Crippen molar-refractivity contribution in [2.45, 2.75) is 37.7 Å². The van der Waals surface area contributed by atoms with Crippen LogP contribution in [0.25, 0.3) is 0 Å². The quantitative estimate of drug-likeness (QED) is 0.907. The molecule has 1 aromatic rings. The molecule has 1 fully saturated rings. The summed E-state index contributed by atoms with van der Waals surface area (Å²) in [6.45, 7) is 4.49. The average Bonchev–Trinajstić information content (AvgIpc) is 2.75. The van der Waals surface area contributed by atoms with Gasteiger partial charge in [-0.05, 0) is 37.3 Å². The normalized spacial score (nSPS) is 23.7. The zero-order chi connectivity index (χ0) is 15.6. The van der Waals surface area contributed by atoms with Gasteiger partial charge >= 0.3 is 0 Å². The number of carbonyl (C=O) groups is 1. The van der Waals surface area contributed by atoms with Crippen molar-refractivity contribution in [2.24, 2.45) is 0 Å². The van der Waals surface area contributed by atoms with Crippen molar-refractivity contribution in [3.63, 3.8) is 0 Å². The molecule has 1 heterocycles. The second-order valence-electron chi connectivity index (χ2n) is 5.33. The number of halogens is 2. The predicted molar refractivity (Wildman–Crippen MR) is 81.0 cm³/mol. The maximum atomic E-state index is 13.4. The average molecular weight is 314 g/mol. The van der Waals surface area contributed by atoms with Gasteiger partial charge in [0, 0.05) is 11.8 Å². The Morgan fingerprint density at radius 1 is 1.38 bits per heavy atom. The molecule has 116 valence electrons. The van der Waals surface area contributed by atoms with Crippen molar-refractivity contribution in [3.8, 4) is 0 Å². The Hall–Kier alpha value is -1.14. The Balaban J connectivity index is 2.18. The van der Waals surface area contributed by atoms with Crippen LogP contribution in [-0.4, -0.2) is 34.9 Å². The summed E-state index contributed by atoms with van der Waals surface area (Å²) in [5.74, 6) is -1.77. The standard InChI is InChI=1S/C15H20F2N2OS/c1-9(21-3)6-7-19-14(18-10(2)15(19)20)11-4-5-12(16)13(17)8-11/h4-5,8-10,14,18H,6-7H2,1-3H3. The fourth-order valence-corrected chi connectivity index (χ4v) is 2.75. The summed E-state index contributed by atoms with van der Waals surface area (Å²) in [5, 5.41) is 3.58. The van der Waals surface area contributed by atoms with Gasteiger partial charge in [0.25, 0.3) is 0 Å². The molecule has 1 aliphatic heterocycles. The summed E-state index contributed by atoms with van der Waals surface area (Å²) in [6, 6.07) is 3.46.